The zero-order chi connectivity index (χ0) is 12.3. The number of amides is 1. The van der Waals surface area contributed by atoms with Crippen molar-refractivity contribution in [2.75, 3.05) is 18.1 Å². The Labute approximate surface area is 99.8 Å². The lowest BCUT2D eigenvalue weighted by atomic mass is 10.2. The summed E-state index contributed by atoms with van der Waals surface area (Å²) in [6, 6.07) is 7.16. The summed E-state index contributed by atoms with van der Waals surface area (Å²) in [6.07, 6.45) is 4.68. The maximum absolute atomic E-state index is 11.7. The number of carbonyl (C=O) groups is 1. The number of nitrogens with zero attached hydrogens (tertiary/aromatic N) is 1. The van der Waals surface area contributed by atoms with Gasteiger partial charge in [0.1, 0.15) is 12.4 Å². The van der Waals surface area contributed by atoms with E-state index in [1.807, 2.05) is 12.1 Å². The van der Waals surface area contributed by atoms with E-state index in [1.165, 1.54) is 4.90 Å². The summed E-state index contributed by atoms with van der Waals surface area (Å²) in [6.45, 7) is 0.455. The quantitative estimate of drug-likeness (QED) is 0.783. The van der Waals surface area contributed by atoms with Crippen LogP contribution >= 0.6 is 0 Å². The fraction of sp³-hybridized carbons (Fsp3) is 0.308. The Kier molecular flexibility index (Phi) is 3.31. The van der Waals surface area contributed by atoms with E-state index in [-0.39, 0.29) is 18.9 Å². The molecule has 1 fully saturated rings. The average molecular weight is 231 g/mol. The number of hydrogen-bond acceptors (Lipinski definition) is 3. The Morgan fingerprint density at radius 1 is 1.53 bits per heavy atom. The molecular formula is C13H13NO3. The number of benzene rings is 1. The van der Waals surface area contributed by atoms with Crippen molar-refractivity contribution in [1.82, 2.24) is 0 Å². The highest BCUT2D eigenvalue weighted by atomic mass is 16.5. The first kappa shape index (κ1) is 11.5. The van der Waals surface area contributed by atoms with Crippen molar-refractivity contribution in [1.29, 1.82) is 0 Å². The van der Waals surface area contributed by atoms with E-state index in [9.17, 15) is 9.90 Å². The molecule has 0 bridgehead atoms. The van der Waals surface area contributed by atoms with Crippen molar-refractivity contribution in [2.45, 2.75) is 12.5 Å². The van der Waals surface area contributed by atoms with Gasteiger partial charge >= 0.3 is 0 Å². The standard InChI is InChI=1S/C13H13NO3/c1-2-7-17-12-6-4-3-5-11(12)14-9-10(15)8-13(14)16/h1,3-6,10,15H,7-9H2. The molecule has 1 unspecified atom stereocenters. The van der Waals surface area contributed by atoms with E-state index < -0.39 is 6.10 Å². The highest BCUT2D eigenvalue weighted by Gasteiger charge is 2.30. The van der Waals surface area contributed by atoms with E-state index in [0.29, 0.717) is 18.0 Å². The van der Waals surface area contributed by atoms with Gasteiger partial charge in [-0.1, -0.05) is 18.1 Å². The number of para-hydroxylation sites is 2. The number of rotatable bonds is 3. The third-order valence-corrected chi connectivity index (χ3v) is 2.57. The Bertz CT molecular complexity index is 464. The molecular weight excluding hydrogens is 218 g/mol. The molecule has 4 heteroatoms. The Morgan fingerprint density at radius 2 is 2.29 bits per heavy atom. The summed E-state index contributed by atoms with van der Waals surface area (Å²) in [5, 5.41) is 9.46. The van der Waals surface area contributed by atoms with Crippen LogP contribution in [0, 0.1) is 12.3 Å². The Morgan fingerprint density at radius 3 is 2.94 bits per heavy atom. The maximum Gasteiger partial charge on any atom is 0.229 e. The summed E-state index contributed by atoms with van der Waals surface area (Å²) in [4.78, 5) is 13.2. The summed E-state index contributed by atoms with van der Waals surface area (Å²) >= 11 is 0. The average Bonchev–Trinajstić information content (AvgIpc) is 2.66. The predicted octanol–water partition coefficient (Wildman–Crippen LogP) is 0.796. The van der Waals surface area contributed by atoms with Crippen molar-refractivity contribution in [3.63, 3.8) is 0 Å². The molecule has 17 heavy (non-hydrogen) atoms. The highest BCUT2D eigenvalue weighted by Crippen LogP contribution is 2.31. The van der Waals surface area contributed by atoms with Gasteiger partial charge in [-0.15, -0.1) is 6.42 Å². The molecule has 0 radical (unpaired) electrons. The molecule has 1 aliphatic heterocycles. The van der Waals surface area contributed by atoms with E-state index >= 15 is 0 Å². The first-order valence-corrected chi connectivity index (χ1v) is 5.36. The number of aliphatic hydroxyl groups is 1. The third-order valence-electron chi connectivity index (χ3n) is 2.57. The fourth-order valence-corrected chi connectivity index (χ4v) is 1.84. The minimum absolute atomic E-state index is 0.103. The lowest BCUT2D eigenvalue weighted by Crippen LogP contribution is -2.25. The molecule has 1 amide bonds. The first-order valence-electron chi connectivity index (χ1n) is 5.36. The Hall–Kier alpha value is -1.99. The van der Waals surface area contributed by atoms with Crippen LogP contribution in [-0.4, -0.2) is 30.3 Å². The van der Waals surface area contributed by atoms with Crippen LogP contribution in [0.4, 0.5) is 5.69 Å². The summed E-state index contributed by atoms with van der Waals surface area (Å²) in [5.41, 5.74) is 0.657. The van der Waals surface area contributed by atoms with Gasteiger partial charge in [-0.05, 0) is 12.1 Å². The number of hydrogen-bond donors (Lipinski definition) is 1. The van der Waals surface area contributed by atoms with Gasteiger partial charge in [0, 0.05) is 0 Å². The second-order valence-corrected chi connectivity index (χ2v) is 3.82. The molecule has 1 atom stereocenters. The van der Waals surface area contributed by atoms with Crippen molar-refractivity contribution >= 4 is 11.6 Å². The van der Waals surface area contributed by atoms with Gasteiger partial charge in [-0.2, -0.15) is 0 Å². The number of ether oxygens (including phenoxy) is 1. The van der Waals surface area contributed by atoms with Crippen LogP contribution in [0.25, 0.3) is 0 Å². The van der Waals surface area contributed by atoms with Crippen LogP contribution in [0.5, 0.6) is 5.75 Å². The van der Waals surface area contributed by atoms with Crippen LogP contribution in [0.1, 0.15) is 6.42 Å². The number of β-amino-alcohol motifs (C(OH)–C–C–N with tert-alkyl or cyclic N) is 1. The van der Waals surface area contributed by atoms with Gasteiger partial charge in [0.15, 0.2) is 0 Å². The lowest BCUT2D eigenvalue weighted by molar-refractivity contribution is -0.117. The minimum Gasteiger partial charge on any atom is -0.479 e. The molecule has 1 aliphatic rings. The molecule has 88 valence electrons. The number of terminal acetylenes is 1. The molecule has 1 heterocycles. The van der Waals surface area contributed by atoms with E-state index in [4.69, 9.17) is 11.2 Å². The smallest absolute Gasteiger partial charge is 0.229 e. The zero-order valence-corrected chi connectivity index (χ0v) is 9.30. The molecule has 2 rings (SSSR count). The van der Waals surface area contributed by atoms with Gasteiger partial charge in [0.25, 0.3) is 0 Å². The molecule has 1 aromatic rings. The van der Waals surface area contributed by atoms with Crippen molar-refractivity contribution < 1.29 is 14.6 Å². The largest absolute Gasteiger partial charge is 0.479 e. The zero-order valence-electron chi connectivity index (χ0n) is 9.30. The normalized spacial score (nSPS) is 19.2. The van der Waals surface area contributed by atoms with Gasteiger partial charge in [-0.25, -0.2) is 0 Å². The summed E-state index contributed by atoms with van der Waals surface area (Å²) in [5.74, 6) is 2.84. The highest BCUT2D eigenvalue weighted by molar-refractivity contribution is 5.97. The first-order chi connectivity index (χ1) is 8.22. The van der Waals surface area contributed by atoms with Crippen molar-refractivity contribution in [3.05, 3.63) is 24.3 Å². The number of anilines is 1. The van der Waals surface area contributed by atoms with Gasteiger partial charge in [-0.3, -0.25) is 4.79 Å². The molecule has 0 aromatic heterocycles. The number of aliphatic hydroxyl groups excluding tert-OH is 1. The van der Waals surface area contributed by atoms with Crippen LogP contribution in [-0.2, 0) is 4.79 Å². The topological polar surface area (TPSA) is 49.8 Å². The van der Waals surface area contributed by atoms with Crippen molar-refractivity contribution in [2.24, 2.45) is 0 Å². The van der Waals surface area contributed by atoms with Crippen LogP contribution in [0.15, 0.2) is 24.3 Å². The monoisotopic (exact) mass is 231 g/mol. The molecule has 0 saturated carbocycles. The lowest BCUT2D eigenvalue weighted by Gasteiger charge is -2.19. The van der Waals surface area contributed by atoms with Gasteiger partial charge < -0.3 is 14.7 Å². The fourth-order valence-electron chi connectivity index (χ4n) is 1.84. The molecule has 1 aromatic carbocycles. The minimum atomic E-state index is -0.608. The summed E-state index contributed by atoms with van der Waals surface area (Å²) < 4.78 is 5.37. The molecule has 1 saturated heterocycles. The van der Waals surface area contributed by atoms with Crippen LogP contribution < -0.4 is 9.64 Å². The predicted molar refractivity (Wildman–Crippen MR) is 63.7 cm³/mol. The number of carbonyl (C=O) groups excluding carboxylic acids is 1. The van der Waals surface area contributed by atoms with Gasteiger partial charge in [0.05, 0.1) is 24.8 Å². The second kappa shape index (κ2) is 4.89. The molecule has 1 N–H and O–H groups in total. The van der Waals surface area contributed by atoms with E-state index in [1.54, 1.807) is 12.1 Å². The van der Waals surface area contributed by atoms with Crippen molar-refractivity contribution in [3.8, 4) is 18.1 Å². The SMILES string of the molecule is C#CCOc1ccccc1N1CC(O)CC1=O. The van der Waals surface area contributed by atoms with E-state index in [0.717, 1.165) is 0 Å². The third kappa shape index (κ3) is 2.40. The molecule has 0 spiro atoms. The maximum atomic E-state index is 11.7. The summed E-state index contributed by atoms with van der Waals surface area (Å²) in [7, 11) is 0. The van der Waals surface area contributed by atoms with Crippen LogP contribution in [0.3, 0.4) is 0 Å². The molecule has 0 aliphatic carbocycles. The van der Waals surface area contributed by atoms with Gasteiger partial charge in [0.2, 0.25) is 5.91 Å². The van der Waals surface area contributed by atoms with Crippen LogP contribution in [0.2, 0.25) is 0 Å². The Balaban J connectivity index is 2.26. The second-order valence-electron chi connectivity index (χ2n) is 3.82. The van der Waals surface area contributed by atoms with E-state index in [2.05, 4.69) is 5.92 Å². The molecule has 4 nitrogen and oxygen atoms in total.